The molecule has 0 bridgehead atoms. The van der Waals surface area contributed by atoms with Gasteiger partial charge in [0.1, 0.15) is 0 Å². The molecular formula is C15H25N. The highest BCUT2D eigenvalue weighted by molar-refractivity contribution is 5.18. The van der Waals surface area contributed by atoms with E-state index in [1.165, 1.54) is 44.1 Å². The summed E-state index contributed by atoms with van der Waals surface area (Å²) < 4.78 is 0. The van der Waals surface area contributed by atoms with Crippen LogP contribution in [0.3, 0.4) is 0 Å². The summed E-state index contributed by atoms with van der Waals surface area (Å²) in [7, 11) is 0. The molecule has 0 fully saturated rings. The van der Waals surface area contributed by atoms with Crippen molar-refractivity contribution in [1.29, 1.82) is 0 Å². The van der Waals surface area contributed by atoms with Crippen LogP contribution in [-0.4, -0.2) is 0 Å². The average Bonchev–Trinajstić information content (AvgIpc) is 2.34. The maximum atomic E-state index is 6.14. The summed E-state index contributed by atoms with van der Waals surface area (Å²) in [6.07, 6.45) is 9.18. The van der Waals surface area contributed by atoms with E-state index in [-0.39, 0.29) is 6.04 Å². The largest absolute Gasteiger partial charge is 0.324 e. The van der Waals surface area contributed by atoms with E-state index in [1.807, 2.05) is 6.07 Å². The molecule has 0 aromatic heterocycles. The second-order valence-corrected chi connectivity index (χ2v) is 4.57. The lowest BCUT2D eigenvalue weighted by Crippen LogP contribution is -2.09. The van der Waals surface area contributed by atoms with Crippen molar-refractivity contribution in [2.24, 2.45) is 5.73 Å². The maximum absolute atomic E-state index is 6.14. The summed E-state index contributed by atoms with van der Waals surface area (Å²) in [4.78, 5) is 0. The Balaban J connectivity index is 2.09. The van der Waals surface area contributed by atoms with Crippen LogP contribution in [0.4, 0.5) is 0 Å². The standard InChI is InChI=1S/C15H25N/c1-2-3-4-5-6-10-13-15(16)14-11-8-7-9-12-14/h7-9,11-12,15H,2-6,10,13,16H2,1H3/t15-/m1/s1. The van der Waals surface area contributed by atoms with Crippen LogP contribution in [0.5, 0.6) is 0 Å². The fraction of sp³-hybridized carbons (Fsp3) is 0.600. The van der Waals surface area contributed by atoms with Gasteiger partial charge in [-0.2, -0.15) is 0 Å². The van der Waals surface area contributed by atoms with E-state index >= 15 is 0 Å². The van der Waals surface area contributed by atoms with Gasteiger partial charge in [-0.05, 0) is 12.0 Å². The first-order valence-corrected chi connectivity index (χ1v) is 6.65. The number of benzene rings is 1. The molecular weight excluding hydrogens is 194 g/mol. The fourth-order valence-electron chi connectivity index (χ4n) is 2.01. The summed E-state index contributed by atoms with van der Waals surface area (Å²) in [5, 5.41) is 0. The smallest absolute Gasteiger partial charge is 0.0294 e. The lowest BCUT2D eigenvalue weighted by Gasteiger charge is -2.11. The number of rotatable bonds is 8. The number of unbranched alkanes of at least 4 members (excludes halogenated alkanes) is 5. The van der Waals surface area contributed by atoms with Gasteiger partial charge in [-0.15, -0.1) is 0 Å². The van der Waals surface area contributed by atoms with E-state index in [9.17, 15) is 0 Å². The Morgan fingerprint density at radius 2 is 1.56 bits per heavy atom. The van der Waals surface area contributed by atoms with Crippen molar-refractivity contribution < 1.29 is 0 Å². The van der Waals surface area contributed by atoms with Crippen molar-refractivity contribution in [3.63, 3.8) is 0 Å². The molecule has 0 saturated heterocycles. The van der Waals surface area contributed by atoms with Gasteiger partial charge in [0.05, 0.1) is 0 Å². The van der Waals surface area contributed by atoms with E-state index in [0.717, 1.165) is 6.42 Å². The Morgan fingerprint density at radius 1 is 0.938 bits per heavy atom. The number of nitrogens with two attached hydrogens (primary N) is 1. The van der Waals surface area contributed by atoms with E-state index in [4.69, 9.17) is 5.73 Å². The van der Waals surface area contributed by atoms with Gasteiger partial charge >= 0.3 is 0 Å². The Hall–Kier alpha value is -0.820. The predicted molar refractivity (Wildman–Crippen MR) is 71.4 cm³/mol. The van der Waals surface area contributed by atoms with Gasteiger partial charge in [0, 0.05) is 6.04 Å². The fourth-order valence-corrected chi connectivity index (χ4v) is 2.01. The topological polar surface area (TPSA) is 26.0 Å². The third kappa shape index (κ3) is 5.32. The van der Waals surface area contributed by atoms with Gasteiger partial charge in [-0.1, -0.05) is 75.8 Å². The van der Waals surface area contributed by atoms with E-state index < -0.39 is 0 Å². The van der Waals surface area contributed by atoms with Crippen molar-refractivity contribution in [3.05, 3.63) is 35.9 Å². The summed E-state index contributed by atoms with van der Waals surface area (Å²) in [6.45, 7) is 2.26. The average molecular weight is 219 g/mol. The summed E-state index contributed by atoms with van der Waals surface area (Å²) in [5.41, 5.74) is 7.41. The van der Waals surface area contributed by atoms with Gasteiger partial charge < -0.3 is 5.73 Å². The van der Waals surface area contributed by atoms with Crippen molar-refractivity contribution in [2.45, 2.75) is 57.9 Å². The zero-order valence-electron chi connectivity index (χ0n) is 10.5. The van der Waals surface area contributed by atoms with Crippen molar-refractivity contribution >= 4 is 0 Å². The normalized spacial score (nSPS) is 12.6. The SMILES string of the molecule is CCCCCCCC[C@@H](N)c1ccccc1. The van der Waals surface area contributed by atoms with E-state index in [0.29, 0.717) is 0 Å². The molecule has 0 radical (unpaired) electrons. The molecule has 1 nitrogen and oxygen atoms in total. The number of hydrogen-bond donors (Lipinski definition) is 1. The van der Waals surface area contributed by atoms with Crippen LogP contribution in [0.1, 0.15) is 63.5 Å². The number of hydrogen-bond acceptors (Lipinski definition) is 1. The van der Waals surface area contributed by atoms with Gasteiger partial charge in [0.2, 0.25) is 0 Å². The molecule has 16 heavy (non-hydrogen) atoms. The molecule has 1 aromatic carbocycles. The first kappa shape index (κ1) is 13.2. The Labute approximate surface area is 100 Å². The molecule has 0 aliphatic carbocycles. The molecule has 0 unspecified atom stereocenters. The van der Waals surface area contributed by atoms with Crippen LogP contribution >= 0.6 is 0 Å². The van der Waals surface area contributed by atoms with Gasteiger partial charge in [-0.3, -0.25) is 0 Å². The van der Waals surface area contributed by atoms with Crippen LogP contribution < -0.4 is 5.73 Å². The van der Waals surface area contributed by atoms with Crippen molar-refractivity contribution in [3.8, 4) is 0 Å². The third-order valence-electron chi connectivity index (χ3n) is 3.10. The Bertz CT molecular complexity index is 255. The molecule has 2 N–H and O–H groups in total. The first-order chi connectivity index (χ1) is 7.84. The summed E-state index contributed by atoms with van der Waals surface area (Å²) >= 11 is 0. The summed E-state index contributed by atoms with van der Waals surface area (Å²) in [5.74, 6) is 0. The van der Waals surface area contributed by atoms with Crippen LogP contribution in [0.25, 0.3) is 0 Å². The zero-order chi connectivity index (χ0) is 11.6. The lowest BCUT2D eigenvalue weighted by molar-refractivity contribution is 0.547. The van der Waals surface area contributed by atoms with Gasteiger partial charge in [0.25, 0.3) is 0 Å². The van der Waals surface area contributed by atoms with Crippen LogP contribution in [-0.2, 0) is 0 Å². The molecule has 0 saturated carbocycles. The minimum atomic E-state index is 0.229. The zero-order valence-corrected chi connectivity index (χ0v) is 10.5. The Kier molecular flexibility index (Phi) is 6.91. The monoisotopic (exact) mass is 219 g/mol. The molecule has 1 rings (SSSR count). The highest BCUT2D eigenvalue weighted by atomic mass is 14.6. The molecule has 1 heteroatoms. The molecule has 0 spiro atoms. The molecule has 0 aliphatic heterocycles. The molecule has 0 heterocycles. The lowest BCUT2D eigenvalue weighted by atomic mass is 10.0. The van der Waals surface area contributed by atoms with Crippen LogP contribution in [0.15, 0.2) is 30.3 Å². The molecule has 90 valence electrons. The van der Waals surface area contributed by atoms with Crippen LogP contribution in [0.2, 0.25) is 0 Å². The van der Waals surface area contributed by atoms with Gasteiger partial charge in [-0.25, -0.2) is 0 Å². The third-order valence-corrected chi connectivity index (χ3v) is 3.10. The maximum Gasteiger partial charge on any atom is 0.0294 e. The quantitative estimate of drug-likeness (QED) is 0.643. The minimum absolute atomic E-state index is 0.229. The van der Waals surface area contributed by atoms with E-state index in [1.54, 1.807) is 0 Å². The van der Waals surface area contributed by atoms with E-state index in [2.05, 4.69) is 31.2 Å². The van der Waals surface area contributed by atoms with Gasteiger partial charge in [0.15, 0.2) is 0 Å². The second-order valence-electron chi connectivity index (χ2n) is 4.57. The van der Waals surface area contributed by atoms with Crippen molar-refractivity contribution in [2.75, 3.05) is 0 Å². The second kappa shape index (κ2) is 8.35. The molecule has 0 aliphatic rings. The highest BCUT2D eigenvalue weighted by Gasteiger charge is 2.03. The molecule has 1 aromatic rings. The highest BCUT2D eigenvalue weighted by Crippen LogP contribution is 2.17. The molecule has 0 amide bonds. The predicted octanol–water partition coefficient (Wildman–Crippen LogP) is 4.44. The first-order valence-electron chi connectivity index (χ1n) is 6.65. The van der Waals surface area contributed by atoms with Crippen molar-refractivity contribution in [1.82, 2.24) is 0 Å². The van der Waals surface area contributed by atoms with Crippen LogP contribution in [0, 0.1) is 0 Å². The Morgan fingerprint density at radius 3 is 2.25 bits per heavy atom. The molecule has 1 atom stereocenters. The minimum Gasteiger partial charge on any atom is -0.324 e. The summed E-state index contributed by atoms with van der Waals surface area (Å²) in [6, 6.07) is 10.7.